The van der Waals surface area contributed by atoms with Crippen LogP contribution in [0.1, 0.15) is 32.0 Å². The Balaban J connectivity index is 1.93. The highest BCUT2D eigenvalue weighted by Crippen LogP contribution is 2.10. The van der Waals surface area contributed by atoms with Crippen molar-refractivity contribution >= 4 is 5.91 Å². The number of para-hydroxylation sites is 1. The molecule has 1 unspecified atom stereocenters. The number of aliphatic hydroxyl groups is 1. The van der Waals surface area contributed by atoms with Crippen molar-refractivity contribution < 1.29 is 9.90 Å². The molecule has 2 rings (SSSR count). The van der Waals surface area contributed by atoms with Gasteiger partial charge in [-0.2, -0.15) is 0 Å². The third-order valence-electron chi connectivity index (χ3n) is 3.56. The minimum absolute atomic E-state index is 0.0251. The molecule has 118 valence electrons. The van der Waals surface area contributed by atoms with Crippen LogP contribution in [0.25, 0.3) is 5.69 Å². The minimum Gasteiger partial charge on any atom is -0.396 e. The number of aryl methyl sites for hydroxylation is 1. The highest BCUT2D eigenvalue weighted by Gasteiger charge is 2.12. The van der Waals surface area contributed by atoms with Crippen LogP contribution in [0.15, 0.2) is 36.7 Å². The van der Waals surface area contributed by atoms with Crippen LogP contribution < -0.4 is 5.32 Å². The van der Waals surface area contributed by atoms with Crippen LogP contribution in [0.5, 0.6) is 0 Å². The fourth-order valence-corrected chi connectivity index (χ4v) is 2.29. The molecule has 0 saturated carbocycles. The molecule has 0 radical (unpaired) electrons. The van der Waals surface area contributed by atoms with Gasteiger partial charge in [-0.25, -0.2) is 0 Å². The molecule has 2 aromatic rings. The van der Waals surface area contributed by atoms with Crippen molar-refractivity contribution in [2.24, 2.45) is 0 Å². The number of nitrogens with one attached hydrogen (secondary N) is 1. The van der Waals surface area contributed by atoms with Crippen LogP contribution in [0, 0.1) is 0 Å². The lowest BCUT2D eigenvalue weighted by molar-refractivity contribution is -0.121. The molecule has 1 aromatic carbocycles. The van der Waals surface area contributed by atoms with Gasteiger partial charge in [0.1, 0.15) is 12.2 Å². The maximum Gasteiger partial charge on any atom is 0.220 e. The topological polar surface area (TPSA) is 80.0 Å². The fourth-order valence-electron chi connectivity index (χ4n) is 2.29. The Hall–Kier alpha value is -2.21. The largest absolute Gasteiger partial charge is 0.396 e. The number of nitrogens with zero attached hydrogens (tertiary/aromatic N) is 3. The van der Waals surface area contributed by atoms with Crippen LogP contribution >= 0.6 is 0 Å². The Labute approximate surface area is 130 Å². The zero-order valence-corrected chi connectivity index (χ0v) is 12.8. The van der Waals surface area contributed by atoms with Gasteiger partial charge in [-0.05, 0) is 25.0 Å². The molecule has 1 aromatic heterocycles. The van der Waals surface area contributed by atoms with Gasteiger partial charge in [-0.3, -0.25) is 9.36 Å². The lowest BCUT2D eigenvalue weighted by Crippen LogP contribution is -2.35. The van der Waals surface area contributed by atoms with Crippen molar-refractivity contribution in [1.29, 1.82) is 0 Å². The van der Waals surface area contributed by atoms with Crippen LogP contribution in [0.2, 0.25) is 0 Å². The van der Waals surface area contributed by atoms with Crippen molar-refractivity contribution in [2.75, 3.05) is 6.61 Å². The highest BCUT2D eigenvalue weighted by molar-refractivity contribution is 5.76. The summed E-state index contributed by atoms with van der Waals surface area (Å²) in [5.41, 5.74) is 0.981. The van der Waals surface area contributed by atoms with Crippen molar-refractivity contribution in [2.45, 2.75) is 38.6 Å². The Kier molecular flexibility index (Phi) is 6.09. The molecule has 0 aliphatic carbocycles. The molecule has 0 saturated heterocycles. The number of hydrogen-bond acceptors (Lipinski definition) is 4. The molecule has 0 aliphatic heterocycles. The van der Waals surface area contributed by atoms with E-state index in [0.29, 0.717) is 19.3 Å². The third kappa shape index (κ3) is 4.39. The average Bonchev–Trinajstić information content (AvgIpc) is 3.02. The second-order valence-corrected chi connectivity index (χ2v) is 5.14. The first-order chi connectivity index (χ1) is 10.7. The first-order valence-corrected chi connectivity index (χ1v) is 7.59. The minimum atomic E-state index is -0.0251. The first-order valence-electron chi connectivity index (χ1n) is 7.59. The number of rotatable bonds is 8. The van der Waals surface area contributed by atoms with E-state index in [1.54, 1.807) is 6.33 Å². The fraction of sp³-hybridized carbons (Fsp3) is 0.438. The van der Waals surface area contributed by atoms with Crippen LogP contribution in [-0.4, -0.2) is 38.4 Å². The molecule has 0 aliphatic rings. The number of benzene rings is 1. The maximum atomic E-state index is 12.0. The number of aliphatic hydroxyl groups excluding tert-OH is 1. The van der Waals surface area contributed by atoms with E-state index in [2.05, 4.69) is 15.5 Å². The highest BCUT2D eigenvalue weighted by atomic mass is 16.3. The standard InChI is InChI=1S/C16H22N4O2/c1-2-13(10-11-21)18-16(22)9-8-15-19-17-12-20(15)14-6-4-3-5-7-14/h3-7,12-13,21H,2,8-11H2,1H3,(H,18,22). The summed E-state index contributed by atoms with van der Waals surface area (Å²) in [5.74, 6) is 0.736. The molecule has 22 heavy (non-hydrogen) atoms. The second kappa shape index (κ2) is 8.29. The number of carbonyl (C=O) groups is 1. The van der Waals surface area contributed by atoms with E-state index in [1.165, 1.54) is 0 Å². The molecular formula is C16H22N4O2. The molecule has 6 nitrogen and oxygen atoms in total. The summed E-state index contributed by atoms with van der Waals surface area (Å²) in [6, 6.07) is 9.83. The van der Waals surface area contributed by atoms with E-state index in [0.717, 1.165) is 17.9 Å². The molecular weight excluding hydrogens is 280 g/mol. The normalized spacial score (nSPS) is 12.1. The van der Waals surface area contributed by atoms with E-state index in [4.69, 9.17) is 5.11 Å². The smallest absolute Gasteiger partial charge is 0.220 e. The molecule has 1 heterocycles. The van der Waals surface area contributed by atoms with Crippen LogP contribution in [0.3, 0.4) is 0 Å². The van der Waals surface area contributed by atoms with E-state index in [-0.39, 0.29) is 18.6 Å². The number of hydrogen-bond donors (Lipinski definition) is 2. The van der Waals surface area contributed by atoms with Gasteiger partial charge in [0.25, 0.3) is 0 Å². The van der Waals surface area contributed by atoms with Crippen molar-refractivity contribution in [3.05, 3.63) is 42.5 Å². The van der Waals surface area contributed by atoms with Crippen LogP contribution in [-0.2, 0) is 11.2 Å². The summed E-state index contributed by atoms with van der Waals surface area (Å²) >= 11 is 0. The zero-order chi connectivity index (χ0) is 15.8. The molecule has 0 bridgehead atoms. The number of carbonyl (C=O) groups excluding carboxylic acids is 1. The van der Waals surface area contributed by atoms with Gasteiger partial charge >= 0.3 is 0 Å². The van der Waals surface area contributed by atoms with Gasteiger partial charge in [0.05, 0.1) is 0 Å². The number of aromatic nitrogens is 3. The SMILES string of the molecule is CCC(CCO)NC(=O)CCc1nncn1-c1ccccc1. The Bertz CT molecular complexity index is 583. The average molecular weight is 302 g/mol. The van der Waals surface area contributed by atoms with E-state index in [1.807, 2.05) is 41.8 Å². The second-order valence-electron chi connectivity index (χ2n) is 5.14. The molecule has 1 atom stereocenters. The zero-order valence-electron chi connectivity index (χ0n) is 12.8. The predicted octanol–water partition coefficient (Wildman–Crippen LogP) is 1.48. The molecule has 6 heteroatoms. The van der Waals surface area contributed by atoms with Crippen LogP contribution in [0.4, 0.5) is 0 Å². The Morgan fingerprint density at radius 3 is 2.82 bits per heavy atom. The van der Waals surface area contributed by atoms with Gasteiger partial charge in [0.2, 0.25) is 5.91 Å². The van der Waals surface area contributed by atoms with E-state index in [9.17, 15) is 4.79 Å². The van der Waals surface area contributed by atoms with Gasteiger partial charge < -0.3 is 10.4 Å². The Morgan fingerprint density at radius 1 is 1.36 bits per heavy atom. The third-order valence-corrected chi connectivity index (χ3v) is 3.56. The van der Waals surface area contributed by atoms with Gasteiger partial charge in [-0.1, -0.05) is 25.1 Å². The number of amides is 1. The summed E-state index contributed by atoms with van der Waals surface area (Å²) < 4.78 is 1.89. The van der Waals surface area contributed by atoms with Gasteiger partial charge in [-0.15, -0.1) is 10.2 Å². The van der Waals surface area contributed by atoms with E-state index < -0.39 is 0 Å². The maximum absolute atomic E-state index is 12.0. The predicted molar refractivity (Wildman–Crippen MR) is 83.6 cm³/mol. The van der Waals surface area contributed by atoms with Crippen molar-refractivity contribution in [3.8, 4) is 5.69 Å². The van der Waals surface area contributed by atoms with E-state index >= 15 is 0 Å². The summed E-state index contributed by atoms with van der Waals surface area (Å²) in [5, 5.41) is 19.9. The summed E-state index contributed by atoms with van der Waals surface area (Å²) in [6.45, 7) is 2.08. The summed E-state index contributed by atoms with van der Waals surface area (Å²) in [7, 11) is 0. The molecule has 0 fully saturated rings. The monoisotopic (exact) mass is 302 g/mol. The lowest BCUT2D eigenvalue weighted by Gasteiger charge is -2.15. The summed E-state index contributed by atoms with van der Waals surface area (Å²) in [4.78, 5) is 12.0. The first kappa shape index (κ1) is 16.2. The molecule has 2 N–H and O–H groups in total. The molecule has 0 spiro atoms. The lowest BCUT2D eigenvalue weighted by atomic mass is 10.1. The van der Waals surface area contributed by atoms with Crippen molar-refractivity contribution in [1.82, 2.24) is 20.1 Å². The molecule has 1 amide bonds. The Morgan fingerprint density at radius 2 is 2.14 bits per heavy atom. The summed E-state index contributed by atoms with van der Waals surface area (Å²) in [6.07, 6.45) is 3.93. The van der Waals surface area contributed by atoms with Gasteiger partial charge in [0, 0.05) is 31.2 Å². The van der Waals surface area contributed by atoms with Gasteiger partial charge in [0.15, 0.2) is 0 Å². The quantitative estimate of drug-likeness (QED) is 0.774. The van der Waals surface area contributed by atoms with Crippen molar-refractivity contribution in [3.63, 3.8) is 0 Å².